The van der Waals surface area contributed by atoms with Crippen molar-refractivity contribution < 1.29 is 28.8 Å². The minimum atomic E-state index is -0.923. The molecule has 1 aliphatic rings. The molecular weight excluding hydrogens is 402 g/mol. The normalized spacial score (nSPS) is 18.8. The number of anilines is 1. The fourth-order valence-electron chi connectivity index (χ4n) is 2.14. The summed E-state index contributed by atoms with van der Waals surface area (Å²) in [5.41, 5.74) is -0.0647. The van der Waals surface area contributed by atoms with Crippen LogP contribution in [-0.2, 0) is 28.8 Å². The number of oxime groups is 1. The Hall–Kier alpha value is -2.73. The minimum absolute atomic E-state index is 0.0880. The lowest BCUT2D eigenvalue weighted by Crippen LogP contribution is -2.70. The van der Waals surface area contributed by atoms with Gasteiger partial charge in [0.2, 0.25) is 11.8 Å². The summed E-state index contributed by atoms with van der Waals surface area (Å²) in [4.78, 5) is 55.6. The van der Waals surface area contributed by atoms with Gasteiger partial charge in [0.15, 0.2) is 10.8 Å². The average molecular weight is 418 g/mol. The number of β-lactam (4-membered cyclic amide) rings is 1. The topological polar surface area (TPSA) is 148 Å². The predicted molar refractivity (Wildman–Crippen MR) is 95.5 cm³/mol. The lowest BCUT2D eigenvalue weighted by atomic mass is 9.95. The third kappa shape index (κ3) is 5.14. The van der Waals surface area contributed by atoms with E-state index >= 15 is 0 Å². The number of methoxy groups -OCH3 is 1. The zero-order valence-electron chi connectivity index (χ0n) is 14.3. The number of nitrogens with zero attached hydrogens (tertiary/aromatic N) is 2. The number of rotatable bonds is 8. The van der Waals surface area contributed by atoms with Gasteiger partial charge in [0, 0.05) is 5.38 Å². The van der Waals surface area contributed by atoms with E-state index in [9.17, 15) is 19.2 Å². The van der Waals surface area contributed by atoms with Gasteiger partial charge in [-0.15, -0.1) is 22.9 Å². The summed E-state index contributed by atoms with van der Waals surface area (Å²) >= 11 is 6.47. The van der Waals surface area contributed by atoms with Gasteiger partial charge in [-0.1, -0.05) is 5.16 Å². The van der Waals surface area contributed by atoms with Crippen molar-refractivity contribution in [3.8, 4) is 0 Å². The summed E-state index contributed by atoms with van der Waals surface area (Å²) in [7, 11) is 2.47. The highest BCUT2D eigenvalue weighted by atomic mass is 35.5. The van der Waals surface area contributed by atoms with Gasteiger partial charge in [0.1, 0.15) is 24.7 Å². The van der Waals surface area contributed by atoms with Crippen LogP contribution in [0, 0.1) is 0 Å². The number of amides is 3. The van der Waals surface area contributed by atoms with Crippen molar-refractivity contribution in [3.63, 3.8) is 0 Å². The molecule has 1 fully saturated rings. The first-order valence-corrected chi connectivity index (χ1v) is 8.92. The summed E-state index contributed by atoms with van der Waals surface area (Å²) in [6.07, 6.45) is -0.0880. The molecule has 1 aromatic heterocycles. The van der Waals surface area contributed by atoms with Gasteiger partial charge in [-0.3, -0.25) is 19.2 Å². The molecule has 0 saturated carbocycles. The van der Waals surface area contributed by atoms with Gasteiger partial charge in [0.25, 0.3) is 5.91 Å². The van der Waals surface area contributed by atoms with Crippen LogP contribution < -0.4 is 16.0 Å². The minimum Gasteiger partial charge on any atom is -0.469 e. The van der Waals surface area contributed by atoms with Crippen LogP contribution >= 0.6 is 22.9 Å². The number of carbonyl (C=O) groups is 4. The highest BCUT2D eigenvalue weighted by Crippen LogP contribution is 2.17. The number of alkyl halides is 1. The highest BCUT2D eigenvalue weighted by molar-refractivity contribution is 7.14. The maximum atomic E-state index is 12.5. The molecule has 13 heteroatoms. The largest absolute Gasteiger partial charge is 0.469 e. The second-order valence-electron chi connectivity index (χ2n) is 5.19. The Balaban J connectivity index is 2.09. The van der Waals surface area contributed by atoms with E-state index < -0.39 is 35.8 Å². The molecule has 146 valence electrons. The van der Waals surface area contributed by atoms with Crippen LogP contribution in [0.4, 0.5) is 5.13 Å². The standard InChI is InChI=1S/C14H16ClN5O6S/c1-25-9(22)3-6-10(12(23)16-6)19-13(24)11(20-26-2)7-5-27-14(17-7)18-8(21)4-15/h5-6,10H,3-4H2,1-2H3,(H,16,23)(H,19,24)(H,17,18,21)/t6-,10+/m0/s1. The molecule has 1 aliphatic heterocycles. The molecule has 0 aliphatic carbocycles. The number of hydrogen-bond donors (Lipinski definition) is 3. The third-order valence-corrected chi connectivity index (χ3v) is 4.43. The Morgan fingerprint density at radius 1 is 1.41 bits per heavy atom. The Kier molecular flexibility index (Phi) is 7.07. The molecule has 27 heavy (non-hydrogen) atoms. The number of ether oxygens (including phenoxy) is 1. The fourth-order valence-corrected chi connectivity index (χ4v) is 2.92. The van der Waals surface area contributed by atoms with E-state index in [2.05, 4.69) is 35.7 Å². The van der Waals surface area contributed by atoms with E-state index in [1.165, 1.54) is 19.6 Å². The molecular formula is C14H16ClN5O6S. The van der Waals surface area contributed by atoms with E-state index in [-0.39, 0.29) is 28.8 Å². The van der Waals surface area contributed by atoms with Gasteiger partial charge >= 0.3 is 5.97 Å². The number of esters is 1. The van der Waals surface area contributed by atoms with Gasteiger partial charge in [-0.05, 0) is 0 Å². The number of hydrogen-bond acceptors (Lipinski definition) is 9. The molecule has 0 radical (unpaired) electrons. The molecule has 1 aromatic rings. The molecule has 0 bridgehead atoms. The number of nitrogens with one attached hydrogen (secondary N) is 3. The van der Waals surface area contributed by atoms with Crippen LogP contribution in [-0.4, -0.2) is 66.6 Å². The molecule has 11 nitrogen and oxygen atoms in total. The maximum absolute atomic E-state index is 12.5. The van der Waals surface area contributed by atoms with Gasteiger partial charge in [0.05, 0.1) is 19.6 Å². The van der Waals surface area contributed by atoms with Crippen molar-refractivity contribution in [1.29, 1.82) is 0 Å². The van der Waals surface area contributed by atoms with Crippen LogP contribution in [0.1, 0.15) is 12.1 Å². The van der Waals surface area contributed by atoms with Gasteiger partial charge in [-0.2, -0.15) is 0 Å². The van der Waals surface area contributed by atoms with Crippen LogP contribution in [0.25, 0.3) is 0 Å². The van der Waals surface area contributed by atoms with E-state index in [0.717, 1.165) is 11.3 Å². The van der Waals surface area contributed by atoms with Crippen molar-refractivity contribution in [3.05, 3.63) is 11.1 Å². The van der Waals surface area contributed by atoms with E-state index in [4.69, 9.17) is 11.6 Å². The molecule has 2 rings (SSSR count). The number of thiazole rings is 1. The average Bonchev–Trinajstić information content (AvgIpc) is 3.11. The predicted octanol–water partition coefficient (Wildman–Crippen LogP) is -0.783. The summed E-state index contributed by atoms with van der Waals surface area (Å²) in [5, 5.41) is 12.8. The first-order chi connectivity index (χ1) is 12.9. The van der Waals surface area contributed by atoms with E-state index in [0.29, 0.717) is 0 Å². The zero-order valence-corrected chi connectivity index (χ0v) is 15.8. The van der Waals surface area contributed by atoms with Crippen LogP contribution in [0.15, 0.2) is 10.5 Å². The summed E-state index contributed by atoms with van der Waals surface area (Å²) in [6, 6.07) is -1.51. The second kappa shape index (κ2) is 9.28. The summed E-state index contributed by atoms with van der Waals surface area (Å²) in [6.45, 7) is 0. The SMILES string of the molecule is CON=C(C(=O)N[C@H]1C(=O)N[C@H]1CC(=O)OC)c1csc(NC(=O)CCl)n1. The number of aromatic nitrogens is 1. The lowest BCUT2D eigenvalue weighted by molar-refractivity contribution is -0.144. The number of halogens is 1. The van der Waals surface area contributed by atoms with Crippen molar-refractivity contribution in [2.24, 2.45) is 5.16 Å². The molecule has 0 aromatic carbocycles. The van der Waals surface area contributed by atoms with Crippen LogP contribution in [0.3, 0.4) is 0 Å². The van der Waals surface area contributed by atoms with Crippen LogP contribution in [0.5, 0.6) is 0 Å². The quantitative estimate of drug-likeness (QED) is 0.165. The zero-order chi connectivity index (χ0) is 20.0. The smallest absolute Gasteiger partial charge is 0.307 e. The third-order valence-electron chi connectivity index (χ3n) is 3.43. The molecule has 3 amide bonds. The summed E-state index contributed by atoms with van der Waals surface area (Å²) in [5.74, 6) is -2.39. The number of carbonyl (C=O) groups excluding carboxylic acids is 4. The fraction of sp³-hybridized carbons (Fsp3) is 0.429. The van der Waals surface area contributed by atoms with E-state index in [1.54, 1.807) is 0 Å². The molecule has 3 N–H and O–H groups in total. The Morgan fingerprint density at radius 2 is 2.15 bits per heavy atom. The maximum Gasteiger partial charge on any atom is 0.307 e. The molecule has 1 saturated heterocycles. The highest BCUT2D eigenvalue weighted by Gasteiger charge is 2.42. The molecule has 2 heterocycles. The van der Waals surface area contributed by atoms with Crippen molar-refractivity contribution in [1.82, 2.24) is 15.6 Å². The first kappa shape index (κ1) is 20.6. The van der Waals surface area contributed by atoms with Crippen molar-refractivity contribution >= 4 is 57.5 Å². The Labute approximate surface area is 162 Å². The first-order valence-electron chi connectivity index (χ1n) is 7.50. The summed E-state index contributed by atoms with van der Waals surface area (Å²) < 4.78 is 4.54. The monoisotopic (exact) mass is 417 g/mol. The van der Waals surface area contributed by atoms with E-state index in [1.807, 2.05) is 0 Å². The Morgan fingerprint density at radius 3 is 2.74 bits per heavy atom. The lowest BCUT2D eigenvalue weighted by Gasteiger charge is -2.36. The molecule has 0 spiro atoms. The molecule has 2 atom stereocenters. The van der Waals surface area contributed by atoms with Gasteiger partial charge in [-0.25, -0.2) is 4.98 Å². The van der Waals surface area contributed by atoms with Gasteiger partial charge < -0.3 is 25.5 Å². The molecule has 0 unspecified atom stereocenters. The van der Waals surface area contributed by atoms with Crippen molar-refractivity contribution in [2.75, 3.05) is 25.4 Å². The Bertz CT molecular complexity index is 782. The second-order valence-corrected chi connectivity index (χ2v) is 6.31. The van der Waals surface area contributed by atoms with Crippen LogP contribution in [0.2, 0.25) is 0 Å². The van der Waals surface area contributed by atoms with Crippen molar-refractivity contribution in [2.45, 2.75) is 18.5 Å².